The highest BCUT2D eigenvalue weighted by Gasteiger charge is 2.40. The molecule has 3 aromatic carbocycles. The number of carbonyl (C=O) groups is 2. The van der Waals surface area contributed by atoms with Crippen molar-refractivity contribution in [1.82, 2.24) is 0 Å². The molecule has 0 aromatic heterocycles. The number of anilines is 2. The molecule has 0 atom stereocenters. The van der Waals surface area contributed by atoms with E-state index < -0.39 is 17.6 Å². The molecule has 0 bridgehead atoms. The number of ether oxygens (including phenoxy) is 1. The second-order valence-corrected chi connectivity index (χ2v) is 7.85. The number of carbonyl (C=O) groups excluding carboxylic acids is 2. The Morgan fingerprint density at radius 1 is 0.844 bits per heavy atom. The van der Waals surface area contributed by atoms with E-state index in [1.165, 1.54) is 24.3 Å². The van der Waals surface area contributed by atoms with E-state index in [1.807, 2.05) is 32.9 Å². The predicted molar refractivity (Wildman–Crippen MR) is 123 cm³/mol. The molecular formula is C26H23FN2O3. The molecule has 0 radical (unpaired) electrons. The first kappa shape index (κ1) is 21.3. The fraction of sp³-hybridized carbons (Fsp3) is 0.154. The van der Waals surface area contributed by atoms with Gasteiger partial charge in [0.15, 0.2) is 0 Å². The van der Waals surface area contributed by atoms with Crippen molar-refractivity contribution in [1.29, 1.82) is 0 Å². The Morgan fingerprint density at radius 3 is 2.06 bits per heavy atom. The summed E-state index contributed by atoms with van der Waals surface area (Å²) in [5.74, 6) is -0.654. The van der Waals surface area contributed by atoms with Crippen molar-refractivity contribution in [3.8, 4) is 5.75 Å². The topological polar surface area (TPSA) is 58.6 Å². The number of aryl methyl sites for hydroxylation is 1. The lowest BCUT2D eigenvalue weighted by atomic mass is 10.0. The van der Waals surface area contributed by atoms with Gasteiger partial charge in [-0.1, -0.05) is 29.8 Å². The molecule has 4 rings (SSSR count). The number of hydrogen-bond donors (Lipinski definition) is 1. The van der Waals surface area contributed by atoms with Gasteiger partial charge in [-0.2, -0.15) is 0 Å². The quantitative estimate of drug-likeness (QED) is 0.538. The first-order valence-corrected chi connectivity index (χ1v) is 10.3. The third kappa shape index (κ3) is 4.25. The maximum absolute atomic E-state index is 13.5. The van der Waals surface area contributed by atoms with Crippen molar-refractivity contribution in [3.63, 3.8) is 0 Å². The summed E-state index contributed by atoms with van der Waals surface area (Å²) in [5, 5.41) is 3.09. The molecule has 162 valence electrons. The molecule has 0 spiro atoms. The minimum atomic E-state index is -0.472. The van der Waals surface area contributed by atoms with Crippen molar-refractivity contribution in [2.75, 3.05) is 10.2 Å². The number of amides is 2. The van der Waals surface area contributed by atoms with Crippen LogP contribution in [0.3, 0.4) is 0 Å². The van der Waals surface area contributed by atoms with E-state index in [0.29, 0.717) is 22.7 Å². The number of nitrogens with one attached hydrogen (secondary N) is 1. The van der Waals surface area contributed by atoms with Gasteiger partial charge in [-0.25, -0.2) is 9.29 Å². The number of imide groups is 1. The van der Waals surface area contributed by atoms with Crippen molar-refractivity contribution in [2.24, 2.45) is 0 Å². The minimum Gasteiger partial charge on any atom is -0.491 e. The standard InChI is InChI=1S/C26H23FN2O3/c1-16(2)32-22-14-10-20(11-15-22)28-24-23(18-6-8-19(27)9-7-18)25(30)29(26(24)31)21-12-4-17(3)5-13-21/h4-16,28H,1-3H3. The van der Waals surface area contributed by atoms with E-state index in [1.54, 1.807) is 36.4 Å². The van der Waals surface area contributed by atoms with Gasteiger partial charge in [0, 0.05) is 5.69 Å². The lowest BCUT2D eigenvalue weighted by Gasteiger charge is -2.16. The summed E-state index contributed by atoms with van der Waals surface area (Å²) in [4.78, 5) is 27.8. The monoisotopic (exact) mass is 430 g/mol. The Hall–Kier alpha value is -3.93. The first-order chi connectivity index (χ1) is 15.3. The van der Waals surface area contributed by atoms with Crippen LogP contribution in [-0.2, 0) is 9.59 Å². The maximum Gasteiger partial charge on any atom is 0.282 e. The summed E-state index contributed by atoms with van der Waals surface area (Å²) in [6.45, 7) is 5.81. The van der Waals surface area contributed by atoms with Gasteiger partial charge in [-0.15, -0.1) is 0 Å². The van der Waals surface area contributed by atoms with Crippen LogP contribution < -0.4 is 15.0 Å². The van der Waals surface area contributed by atoms with Crippen molar-refractivity contribution >= 4 is 28.8 Å². The normalized spacial score (nSPS) is 13.8. The molecule has 1 aliphatic heterocycles. The molecule has 1 aliphatic rings. The lowest BCUT2D eigenvalue weighted by molar-refractivity contribution is -0.120. The van der Waals surface area contributed by atoms with Gasteiger partial charge >= 0.3 is 0 Å². The average Bonchev–Trinajstić information content (AvgIpc) is 3.00. The van der Waals surface area contributed by atoms with Crippen LogP contribution in [0.1, 0.15) is 25.0 Å². The number of halogens is 1. The second kappa shape index (κ2) is 8.67. The van der Waals surface area contributed by atoms with Crippen LogP contribution in [0.5, 0.6) is 5.75 Å². The number of hydrogen-bond acceptors (Lipinski definition) is 4. The minimum absolute atomic E-state index is 0.0405. The SMILES string of the molecule is Cc1ccc(N2C(=O)C(Nc3ccc(OC(C)C)cc3)=C(c3ccc(F)cc3)C2=O)cc1. The highest BCUT2D eigenvalue weighted by atomic mass is 19.1. The number of benzene rings is 3. The Bertz CT molecular complexity index is 1180. The van der Waals surface area contributed by atoms with Crippen molar-refractivity contribution < 1.29 is 18.7 Å². The molecule has 0 unspecified atom stereocenters. The molecule has 3 aromatic rings. The molecular weight excluding hydrogens is 407 g/mol. The smallest absolute Gasteiger partial charge is 0.282 e. The Labute approximate surface area is 186 Å². The predicted octanol–water partition coefficient (Wildman–Crippen LogP) is 5.32. The Kier molecular flexibility index (Phi) is 5.77. The Balaban J connectivity index is 1.73. The first-order valence-electron chi connectivity index (χ1n) is 10.3. The molecule has 0 fully saturated rings. The van der Waals surface area contributed by atoms with Crippen LogP contribution in [0.4, 0.5) is 15.8 Å². The molecule has 0 aliphatic carbocycles. The third-order valence-corrected chi connectivity index (χ3v) is 5.00. The van der Waals surface area contributed by atoms with Gasteiger partial charge in [-0.05, 0) is 74.9 Å². The van der Waals surface area contributed by atoms with Crippen LogP contribution in [-0.4, -0.2) is 17.9 Å². The van der Waals surface area contributed by atoms with E-state index in [4.69, 9.17) is 4.74 Å². The lowest BCUT2D eigenvalue weighted by Crippen LogP contribution is -2.32. The summed E-state index contributed by atoms with van der Waals surface area (Å²) >= 11 is 0. The molecule has 2 amide bonds. The largest absolute Gasteiger partial charge is 0.491 e. The van der Waals surface area contributed by atoms with Gasteiger partial charge in [0.2, 0.25) is 0 Å². The molecule has 1 heterocycles. The molecule has 6 heteroatoms. The summed E-state index contributed by atoms with van der Waals surface area (Å²) in [5.41, 5.74) is 2.91. The molecule has 1 N–H and O–H groups in total. The van der Waals surface area contributed by atoms with E-state index >= 15 is 0 Å². The third-order valence-electron chi connectivity index (χ3n) is 5.00. The summed E-state index contributed by atoms with van der Waals surface area (Å²) in [6, 6.07) is 19.8. The number of nitrogens with zero attached hydrogens (tertiary/aromatic N) is 1. The van der Waals surface area contributed by atoms with Crippen LogP contribution in [0.15, 0.2) is 78.5 Å². The summed E-state index contributed by atoms with van der Waals surface area (Å²) in [6.07, 6.45) is 0.0405. The van der Waals surface area contributed by atoms with E-state index in [-0.39, 0.29) is 17.4 Å². The van der Waals surface area contributed by atoms with Crippen LogP contribution in [0.2, 0.25) is 0 Å². The van der Waals surface area contributed by atoms with Crippen LogP contribution in [0.25, 0.3) is 5.57 Å². The zero-order valence-electron chi connectivity index (χ0n) is 18.1. The fourth-order valence-corrected chi connectivity index (χ4v) is 3.49. The Morgan fingerprint density at radius 2 is 1.47 bits per heavy atom. The molecule has 32 heavy (non-hydrogen) atoms. The number of rotatable bonds is 6. The van der Waals surface area contributed by atoms with Gasteiger partial charge in [0.1, 0.15) is 17.3 Å². The zero-order valence-corrected chi connectivity index (χ0v) is 18.1. The van der Waals surface area contributed by atoms with E-state index in [0.717, 1.165) is 10.5 Å². The molecule has 0 saturated carbocycles. The molecule has 5 nitrogen and oxygen atoms in total. The van der Waals surface area contributed by atoms with E-state index in [2.05, 4.69) is 5.32 Å². The second-order valence-electron chi connectivity index (χ2n) is 7.85. The van der Waals surface area contributed by atoms with Gasteiger partial charge in [0.25, 0.3) is 11.8 Å². The van der Waals surface area contributed by atoms with Crippen molar-refractivity contribution in [3.05, 3.63) is 95.4 Å². The van der Waals surface area contributed by atoms with Crippen LogP contribution >= 0.6 is 0 Å². The highest BCUT2D eigenvalue weighted by molar-refractivity contribution is 6.46. The highest BCUT2D eigenvalue weighted by Crippen LogP contribution is 2.34. The van der Waals surface area contributed by atoms with E-state index in [9.17, 15) is 14.0 Å². The van der Waals surface area contributed by atoms with Gasteiger partial charge in [-0.3, -0.25) is 9.59 Å². The average molecular weight is 430 g/mol. The van der Waals surface area contributed by atoms with Crippen LogP contribution in [0, 0.1) is 12.7 Å². The fourth-order valence-electron chi connectivity index (χ4n) is 3.49. The maximum atomic E-state index is 13.5. The van der Waals surface area contributed by atoms with Gasteiger partial charge < -0.3 is 10.1 Å². The molecule has 0 saturated heterocycles. The summed E-state index contributed by atoms with van der Waals surface area (Å²) < 4.78 is 19.2. The summed E-state index contributed by atoms with van der Waals surface area (Å²) in [7, 11) is 0. The van der Waals surface area contributed by atoms with Gasteiger partial charge in [0.05, 0.1) is 17.4 Å². The zero-order chi connectivity index (χ0) is 22.8. The van der Waals surface area contributed by atoms with Crippen molar-refractivity contribution in [2.45, 2.75) is 26.9 Å².